The number of rotatable bonds is 10. The molecule has 8 nitrogen and oxygen atoms in total. The van der Waals surface area contributed by atoms with Crippen LogP contribution in [0.3, 0.4) is 0 Å². The highest BCUT2D eigenvalue weighted by Crippen LogP contribution is 2.36. The smallest absolute Gasteiger partial charge is 0.338 e. The normalized spacial score (nSPS) is 14.7. The summed E-state index contributed by atoms with van der Waals surface area (Å²) in [6, 6.07) is 17.3. The number of ether oxygens (including phenoxy) is 4. The fraction of sp³-hybridized carbons (Fsp3) is 0.265. The molecule has 2 heterocycles. The van der Waals surface area contributed by atoms with Crippen molar-refractivity contribution in [3.05, 3.63) is 118 Å². The molecule has 0 N–H and O–H groups in total. The maximum absolute atomic E-state index is 14.1. The molecule has 4 aromatic rings. The van der Waals surface area contributed by atoms with Crippen molar-refractivity contribution in [1.82, 2.24) is 4.57 Å². The largest absolute Gasteiger partial charge is 0.493 e. The number of carbonyl (C=O) groups excluding carboxylic acids is 1. The minimum Gasteiger partial charge on any atom is -0.493 e. The average Bonchev–Trinajstić information content (AvgIpc) is 3.31. The molecule has 1 aliphatic rings. The second-order valence-electron chi connectivity index (χ2n) is 10.5. The Balaban J connectivity index is 1.56. The summed E-state index contributed by atoms with van der Waals surface area (Å²) in [5.41, 5.74) is 2.72. The molecule has 1 atom stereocenters. The van der Waals surface area contributed by atoms with Gasteiger partial charge in [0.1, 0.15) is 18.4 Å². The van der Waals surface area contributed by atoms with Crippen LogP contribution in [0.4, 0.5) is 0 Å². The van der Waals surface area contributed by atoms with E-state index in [2.05, 4.69) is 4.99 Å². The lowest BCUT2D eigenvalue weighted by molar-refractivity contribution is -0.139. The van der Waals surface area contributed by atoms with Crippen molar-refractivity contribution in [2.45, 2.75) is 46.4 Å². The number of thiazole rings is 1. The highest BCUT2D eigenvalue weighted by atomic mass is 35.5. The molecule has 0 saturated carbocycles. The van der Waals surface area contributed by atoms with Crippen LogP contribution in [0.2, 0.25) is 10.0 Å². The summed E-state index contributed by atoms with van der Waals surface area (Å²) in [5, 5.41) is 0.920. The average molecular weight is 668 g/mol. The summed E-state index contributed by atoms with van der Waals surface area (Å²) in [5.74, 6) is 1.07. The molecule has 0 radical (unpaired) electrons. The van der Waals surface area contributed by atoms with Crippen LogP contribution in [0, 0.1) is 0 Å². The summed E-state index contributed by atoms with van der Waals surface area (Å²) >= 11 is 13.4. The SMILES string of the molecule is CCOC(=O)C1=C(C)N=c2s/c(=C/c3ccc(OCc4ccc(Cl)c(Cl)c4)c(OC)c3)c(=O)n2[C@H]1c1ccccc1OC(C)C. The first-order valence-electron chi connectivity index (χ1n) is 14.3. The fourth-order valence-electron chi connectivity index (χ4n) is 4.99. The molecular formula is C34H32Cl2N2O6S. The van der Waals surface area contributed by atoms with Crippen LogP contribution in [0.1, 0.15) is 50.4 Å². The van der Waals surface area contributed by atoms with Crippen LogP contribution >= 0.6 is 34.5 Å². The number of methoxy groups -OCH3 is 1. The molecule has 3 aromatic carbocycles. The first-order valence-corrected chi connectivity index (χ1v) is 15.9. The zero-order chi connectivity index (χ0) is 32.2. The number of esters is 1. The predicted molar refractivity (Wildman–Crippen MR) is 176 cm³/mol. The molecule has 0 fully saturated rings. The topological polar surface area (TPSA) is 88.4 Å². The summed E-state index contributed by atoms with van der Waals surface area (Å²) in [4.78, 5) is 32.5. The zero-order valence-corrected chi connectivity index (χ0v) is 27.8. The van der Waals surface area contributed by atoms with Crippen LogP contribution in [0.5, 0.6) is 17.2 Å². The number of hydrogen-bond donors (Lipinski definition) is 0. The minimum atomic E-state index is -0.788. The Labute approximate surface area is 274 Å². The van der Waals surface area contributed by atoms with Gasteiger partial charge in [0.15, 0.2) is 16.3 Å². The highest BCUT2D eigenvalue weighted by molar-refractivity contribution is 7.07. The van der Waals surface area contributed by atoms with Gasteiger partial charge in [-0.05, 0) is 75.2 Å². The Morgan fingerprint density at radius 1 is 1.04 bits per heavy atom. The Morgan fingerprint density at radius 3 is 2.53 bits per heavy atom. The molecule has 0 saturated heterocycles. The molecule has 5 rings (SSSR count). The summed E-state index contributed by atoms with van der Waals surface area (Å²) < 4.78 is 25.1. The number of benzene rings is 3. The molecule has 0 bridgehead atoms. The predicted octanol–water partition coefficient (Wildman–Crippen LogP) is 6.48. The van der Waals surface area contributed by atoms with Gasteiger partial charge in [-0.1, -0.05) is 64.9 Å². The van der Waals surface area contributed by atoms with Crippen molar-refractivity contribution in [2.75, 3.05) is 13.7 Å². The van der Waals surface area contributed by atoms with Gasteiger partial charge in [-0.25, -0.2) is 9.79 Å². The molecule has 45 heavy (non-hydrogen) atoms. The molecule has 0 spiro atoms. The van der Waals surface area contributed by atoms with Crippen LogP contribution < -0.4 is 29.1 Å². The third-order valence-electron chi connectivity index (χ3n) is 6.96. The van der Waals surface area contributed by atoms with Gasteiger partial charge in [0.2, 0.25) is 0 Å². The minimum absolute atomic E-state index is 0.121. The molecule has 0 aliphatic carbocycles. The molecule has 0 amide bonds. The van der Waals surface area contributed by atoms with Gasteiger partial charge in [0.25, 0.3) is 5.56 Å². The summed E-state index contributed by atoms with van der Waals surface area (Å²) in [6.07, 6.45) is 1.65. The van der Waals surface area contributed by atoms with E-state index < -0.39 is 12.0 Å². The van der Waals surface area contributed by atoms with E-state index in [0.29, 0.717) is 53.5 Å². The zero-order valence-electron chi connectivity index (χ0n) is 25.4. The van der Waals surface area contributed by atoms with Gasteiger partial charge in [-0.15, -0.1) is 0 Å². The lowest BCUT2D eigenvalue weighted by atomic mass is 9.95. The van der Waals surface area contributed by atoms with Gasteiger partial charge in [0.05, 0.1) is 45.7 Å². The lowest BCUT2D eigenvalue weighted by Crippen LogP contribution is -2.40. The van der Waals surface area contributed by atoms with Crippen molar-refractivity contribution >= 4 is 46.6 Å². The molecule has 1 aliphatic heterocycles. The van der Waals surface area contributed by atoms with Crippen molar-refractivity contribution in [2.24, 2.45) is 4.99 Å². The number of nitrogens with zero attached hydrogens (tertiary/aromatic N) is 2. The van der Waals surface area contributed by atoms with E-state index in [1.807, 2.05) is 50.2 Å². The van der Waals surface area contributed by atoms with E-state index in [9.17, 15) is 9.59 Å². The number of allylic oxidation sites excluding steroid dienone is 1. The number of fused-ring (bicyclic) bond motifs is 1. The fourth-order valence-corrected chi connectivity index (χ4v) is 6.36. The van der Waals surface area contributed by atoms with Gasteiger partial charge in [0, 0.05) is 5.56 Å². The number of aromatic nitrogens is 1. The van der Waals surface area contributed by atoms with Gasteiger partial charge >= 0.3 is 5.97 Å². The number of halogens is 2. The monoisotopic (exact) mass is 666 g/mol. The van der Waals surface area contributed by atoms with E-state index in [1.165, 1.54) is 11.3 Å². The molecule has 0 unspecified atom stereocenters. The van der Waals surface area contributed by atoms with Crippen LogP contribution in [-0.4, -0.2) is 30.4 Å². The van der Waals surface area contributed by atoms with E-state index in [-0.39, 0.29) is 24.9 Å². The van der Waals surface area contributed by atoms with Gasteiger partial charge < -0.3 is 18.9 Å². The van der Waals surface area contributed by atoms with E-state index >= 15 is 0 Å². The standard InChI is InChI=1S/C34H32Cl2N2O6S/c1-6-42-33(40)30-20(4)37-34-38(31(30)23-9-7-8-10-26(23)44-19(2)3)32(39)29(45-34)17-21-12-14-27(28(16-21)41-5)43-18-22-11-13-24(35)25(36)15-22/h7-17,19,31H,6,18H2,1-5H3/b29-17+/t31-/m0/s1. The number of carbonyl (C=O) groups is 1. The number of para-hydroxylation sites is 1. The van der Waals surface area contributed by atoms with Crippen molar-refractivity contribution in [1.29, 1.82) is 0 Å². The summed E-state index contributed by atoms with van der Waals surface area (Å²) in [7, 11) is 1.55. The molecular weight excluding hydrogens is 635 g/mol. The highest BCUT2D eigenvalue weighted by Gasteiger charge is 2.35. The third kappa shape index (κ3) is 6.96. The molecule has 234 valence electrons. The van der Waals surface area contributed by atoms with Gasteiger partial charge in [-0.3, -0.25) is 9.36 Å². The molecule has 1 aromatic heterocycles. The first-order chi connectivity index (χ1) is 21.6. The van der Waals surface area contributed by atoms with E-state index in [4.69, 9.17) is 42.1 Å². The lowest BCUT2D eigenvalue weighted by Gasteiger charge is -2.26. The van der Waals surface area contributed by atoms with Crippen LogP contribution in [-0.2, 0) is 16.1 Å². The van der Waals surface area contributed by atoms with Crippen molar-refractivity contribution in [3.8, 4) is 17.2 Å². The van der Waals surface area contributed by atoms with Crippen LogP contribution in [0.15, 0.2) is 81.7 Å². The van der Waals surface area contributed by atoms with E-state index in [0.717, 1.165) is 11.1 Å². The van der Waals surface area contributed by atoms with Crippen molar-refractivity contribution < 1.29 is 23.7 Å². The maximum atomic E-state index is 14.1. The van der Waals surface area contributed by atoms with E-state index in [1.54, 1.807) is 55.9 Å². The molecule has 11 heteroatoms. The second-order valence-corrected chi connectivity index (χ2v) is 12.3. The number of hydrogen-bond acceptors (Lipinski definition) is 8. The van der Waals surface area contributed by atoms with Crippen LogP contribution in [0.25, 0.3) is 6.08 Å². The Bertz CT molecular complexity index is 1960. The Morgan fingerprint density at radius 2 is 1.82 bits per heavy atom. The third-order valence-corrected chi connectivity index (χ3v) is 8.68. The van der Waals surface area contributed by atoms with Gasteiger partial charge in [-0.2, -0.15) is 0 Å². The Kier molecular flexibility index (Phi) is 10.0. The first kappa shape index (κ1) is 32.3. The van der Waals surface area contributed by atoms with Crippen molar-refractivity contribution in [3.63, 3.8) is 0 Å². The summed E-state index contributed by atoms with van der Waals surface area (Å²) in [6.45, 7) is 7.79. The quantitative estimate of drug-likeness (QED) is 0.180. The Hall–Kier alpha value is -4.05. The second kappa shape index (κ2) is 13.9. The maximum Gasteiger partial charge on any atom is 0.338 e.